The van der Waals surface area contributed by atoms with Gasteiger partial charge in [0.15, 0.2) is 0 Å². The van der Waals surface area contributed by atoms with Crippen LogP contribution < -0.4 is 11.1 Å². The number of nitrogens with two attached hydrogens (primary N) is 1. The molecule has 0 aliphatic carbocycles. The van der Waals surface area contributed by atoms with Crippen LogP contribution in [0.15, 0.2) is 30.3 Å². The van der Waals surface area contributed by atoms with Gasteiger partial charge in [-0.1, -0.05) is 32.0 Å². The van der Waals surface area contributed by atoms with Crippen molar-refractivity contribution in [2.75, 3.05) is 0 Å². The van der Waals surface area contributed by atoms with Crippen LogP contribution in [0.1, 0.15) is 37.2 Å². The van der Waals surface area contributed by atoms with E-state index in [1.807, 2.05) is 48.9 Å². The normalized spacial score (nSPS) is 11.9. The quantitative estimate of drug-likeness (QED) is 0.841. The van der Waals surface area contributed by atoms with Gasteiger partial charge in [-0.15, -0.1) is 12.4 Å². The highest BCUT2D eigenvalue weighted by atomic mass is 35.5. The van der Waals surface area contributed by atoms with Crippen molar-refractivity contribution in [1.82, 2.24) is 15.1 Å². The lowest BCUT2D eigenvalue weighted by molar-refractivity contribution is -0.122. The molecule has 1 amide bonds. The molecule has 0 spiro atoms. The predicted octanol–water partition coefficient (Wildman–Crippen LogP) is 2.90. The Morgan fingerprint density at radius 2 is 1.96 bits per heavy atom. The molecule has 1 heterocycles. The summed E-state index contributed by atoms with van der Waals surface area (Å²) in [7, 11) is 0. The third-order valence-electron chi connectivity index (χ3n) is 3.74. The first kappa shape index (κ1) is 20.2. The van der Waals surface area contributed by atoms with Crippen molar-refractivity contribution in [1.29, 1.82) is 0 Å². The monoisotopic (exact) mass is 350 g/mol. The summed E-state index contributed by atoms with van der Waals surface area (Å²) in [5.41, 5.74) is 9.97. The zero-order chi connectivity index (χ0) is 17.0. The lowest BCUT2D eigenvalue weighted by atomic mass is 10.0. The van der Waals surface area contributed by atoms with Crippen molar-refractivity contribution in [3.63, 3.8) is 0 Å². The second-order valence-corrected chi connectivity index (χ2v) is 6.42. The van der Waals surface area contributed by atoms with E-state index in [-0.39, 0.29) is 18.3 Å². The van der Waals surface area contributed by atoms with E-state index in [9.17, 15) is 4.79 Å². The molecule has 0 fully saturated rings. The molecular formula is C18H27ClN4O. The third kappa shape index (κ3) is 5.08. The highest BCUT2D eigenvalue weighted by molar-refractivity contribution is 5.85. The Kier molecular flexibility index (Phi) is 7.45. The van der Waals surface area contributed by atoms with Gasteiger partial charge < -0.3 is 11.1 Å². The maximum Gasteiger partial charge on any atom is 0.237 e. The van der Waals surface area contributed by atoms with Crippen molar-refractivity contribution < 1.29 is 4.79 Å². The fraction of sp³-hybridized carbons (Fsp3) is 0.444. The largest absolute Gasteiger partial charge is 0.351 e. The van der Waals surface area contributed by atoms with E-state index in [4.69, 9.17) is 5.73 Å². The smallest absolute Gasteiger partial charge is 0.237 e. The molecule has 2 rings (SSSR count). The molecule has 3 N–H and O–H groups in total. The van der Waals surface area contributed by atoms with Gasteiger partial charge in [-0.05, 0) is 43.9 Å². The molecule has 1 atom stereocenters. The molecule has 0 bridgehead atoms. The number of rotatable bonds is 6. The van der Waals surface area contributed by atoms with Crippen LogP contribution in [0.2, 0.25) is 0 Å². The van der Waals surface area contributed by atoms with E-state index in [0.717, 1.165) is 22.6 Å². The summed E-state index contributed by atoms with van der Waals surface area (Å²) in [6.07, 6.45) is 0.685. The van der Waals surface area contributed by atoms with Crippen LogP contribution in [0, 0.1) is 19.8 Å². The molecule has 6 heteroatoms. The summed E-state index contributed by atoms with van der Waals surface area (Å²) in [6.45, 7) is 8.56. The molecule has 5 nitrogen and oxygen atoms in total. The van der Waals surface area contributed by atoms with Gasteiger partial charge in [-0.25, -0.2) is 4.68 Å². The lowest BCUT2D eigenvalue weighted by Gasteiger charge is -2.16. The molecular weight excluding hydrogens is 324 g/mol. The van der Waals surface area contributed by atoms with Crippen LogP contribution in [0.3, 0.4) is 0 Å². The standard InChI is InChI=1S/C18H26N4O.ClH/c1-12(2)9-16(19)18(23)20-11-15-7-5-6-8-17(15)22-14(4)10-13(3)21-22;/h5-8,10,12,16H,9,11,19H2,1-4H3,(H,20,23);1H/t16-;/m0./s1. The first-order valence-electron chi connectivity index (χ1n) is 8.03. The highest BCUT2D eigenvalue weighted by Crippen LogP contribution is 2.17. The molecule has 24 heavy (non-hydrogen) atoms. The number of halogens is 1. The molecule has 0 saturated heterocycles. The van der Waals surface area contributed by atoms with Crippen molar-refractivity contribution in [3.05, 3.63) is 47.3 Å². The van der Waals surface area contributed by atoms with E-state index >= 15 is 0 Å². The Bertz CT molecular complexity index is 681. The molecule has 0 aliphatic heterocycles. The first-order chi connectivity index (χ1) is 10.9. The highest BCUT2D eigenvalue weighted by Gasteiger charge is 2.15. The molecule has 1 aromatic carbocycles. The number of amides is 1. The fourth-order valence-corrected chi connectivity index (χ4v) is 2.67. The molecule has 0 saturated carbocycles. The summed E-state index contributed by atoms with van der Waals surface area (Å²) in [6, 6.07) is 9.52. The van der Waals surface area contributed by atoms with Crippen LogP contribution >= 0.6 is 12.4 Å². The van der Waals surface area contributed by atoms with Crippen molar-refractivity contribution in [2.45, 2.75) is 46.7 Å². The molecule has 132 valence electrons. The predicted molar refractivity (Wildman–Crippen MR) is 99.6 cm³/mol. The van der Waals surface area contributed by atoms with Crippen LogP contribution in [-0.4, -0.2) is 21.7 Å². The topological polar surface area (TPSA) is 72.9 Å². The maximum atomic E-state index is 12.1. The number of aromatic nitrogens is 2. The number of nitrogens with zero attached hydrogens (tertiary/aromatic N) is 2. The minimum Gasteiger partial charge on any atom is -0.351 e. The molecule has 0 radical (unpaired) electrons. The van der Waals surface area contributed by atoms with Crippen LogP contribution in [0.5, 0.6) is 0 Å². The van der Waals surface area contributed by atoms with Gasteiger partial charge in [-0.2, -0.15) is 5.10 Å². The summed E-state index contributed by atoms with van der Waals surface area (Å²) in [5.74, 6) is 0.291. The number of nitrogens with one attached hydrogen (secondary N) is 1. The summed E-state index contributed by atoms with van der Waals surface area (Å²) in [5, 5.41) is 7.46. The fourth-order valence-electron chi connectivity index (χ4n) is 2.67. The van der Waals surface area contributed by atoms with Crippen LogP contribution in [0.4, 0.5) is 0 Å². The van der Waals surface area contributed by atoms with Crippen molar-refractivity contribution in [3.8, 4) is 5.69 Å². The summed E-state index contributed by atoms with van der Waals surface area (Å²) < 4.78 is 1.91. The van der Waals surface area contributed by atoms with Crippen LogP contribution in [-0.2, 0) is 11.3 Å². The van der Waals surface area contributed by atoms with Crippen molar-refractivity contribution >= 4 is 18.3 Å². The van der Waals surface area contributed by atoms with E-state index < -0.39 is 6.04 Å². The van der Waals surface area contributed by atoms with E-state index in [2.05, 4.69) is 24.3 Å². The van der Waals surface area contributed by atoms with E-state index in [0.29, 0.717) is 18.9 Å². The Hall–Kier alpha value is -1.85. The van der Waals surface area contributed by atoms with Gasteiger partial charge in [0.05, 0.1) is 17.4 Å². The number of benzene rings is 1. The van der Waals surface area contributed by atoms with Gasteiger partial charge >= 0.3 is 0 Å². The number of carbonyl (C=O) groups is 1. The number of para-hydroxylation sites is 1. The van der Waals surface area contributed by atoms with Crippen molar-refractivity contribution in [2.24, 2.45) is 11.7 Å². The minimum absolute atomic E-state index is 0. The Morgan fingerprint density at radius 3 is 2.54 bits per heavy atom. The second kappa shape index (κ2) is 8.85. The zero-order valence-electron chi connectivity index (χ0n) is 14.7. The Morgan fingerprint density at radius 1 is 1.29 bits per heavy atom. The second-order valence-electron chi connectivity index (χ2n) is 6.42. The molecule has 2 aromatic rings. The van der Waals surface area contributed by atoms with Crippen LogP contribution in [0.25, 0.3) is 5.69 Å². The average molecular weight is 351 g/mol. The van der Waals surface area contributed by atoms with Gasteiger partial charge in [0.2, 0.25) is 5.91 Å². The Labute approximate surface area is 150 Å². The Balaban J connectivity index is 0.00000288. The number of hydrogen-bond donors (Lipinski definition) is 2. The van der Waals surface area contributed by atoms with Gasteiger partial charge in [0.1, 0.15) is 0 Å². The molecule has 0 aliphatic rings. The summed E-state index contributed by atoms with van der Waals surface area (Å²) in [4.78, 5) is 12.1. The zero-order valence-corrected chi connectivity index (χ0v) is 15.6. The molecule has 0 unspecified atom stereocenters. The number of carbonyl (C=O) groups excluding carboxylic acids is 1. The van der Waals surface area contributed by atoms with Gasteiger partial charge in [0, 0.05) is 12.2 Å². The minimum atomic E-state index is -0.462. The van der Waals surface area contributed by atoms with E-state index in [1.165, 1.54) is 0 Å². The SMILES string of the molecule is Cc1cc(C)n(-c2ccccc2CNC(=O)[C@@H](N)CC(C)C)n1.Cl. The number of hydrogen-bond acceptors (Lipinski definition) is 3. The van der Waals surface area contributed by atoms with Gasteiger partial charge in [-0.3, -0.25) is 4.79 Å². The average Bonchev–Trinajstić information content (AvgIpc) is 2.83. The maximum absolute atomic E-state index is 12.1. The molecule has 1 aromatic heterocycles. The summed E-state index contributed by atoms with van der Waals surface area (Å²) >= 11 is 0. The number of aryl methyl sites for hydroxylation is 2. The van der Waals surface area contributed by atoms with E-state index in [1.54, 1.807) is 0 Å². The third-order valence-corrected chi connectivity index (χ3v) is 3.74. The lowest BCUT2D eigenvalue weighted by Crippen LogP contribution is -2.41. The first-order valence-corrected chi connectivity index (χ1v) is 8.03. The van der Waals surface area contributed by atoms with Gasteiger partial charge in [0.25, 0.3) is 0 Å².